The highest BCUT2D eigenvalue weighted by molar-refractivity contribution is 6.33. The van der Waals surface area contributed by atoms with Crippen molar-refractivity contribution in [2.45, 2.75) is 165 Å². The molecule has 26 nitrogen and oxygen atoms in total. The van der Waals surface area contributed by atoms with E-state index >= 15 is 0 Å². The Hall–Kier alpha value is -7.77. The van der Waals surface area contributed by atoms with Crippen LogP contribution >= 0.6 is 11.6 Å². The zero-order valence-corrected chi connectivity index (χ0v) is 55.3. The van der Waals surface area contributed by atoms with Gasteiger partial charge in [0.2, 0.25) is 17.5 Å². The minimum Gasteiger partial charge on any atom is -0.504 e. The van der Waals surface area contributed by atoms with Crippen molar-refractivity contribution in [1.82, 2.24) is 43.6 Å². The third kappa shape index (κ3) is 12.8. The molecule has 0 radical (unpaired) electrons. The van der Waals surface area contributed by atoms with E-state index < -0.39 is 161 Å². The second-order valence-electron chi connectivity index (χ2n) is 25.4. The van der Waals surface area contributed by atoms with Gasteiger partial charge in [-0.25, -0.2) is 43.1 Å². The Morgan fingerprint density at radius 1 is 0.455 bits per heavy atom. The molecule has 528 valence electrons. The number of aromatic hydroxyl groups is 1. The van der Waals surface area contributed by atoms with Crippen LogP contribution in [0.2, 0.25) is 5.15 Å². The number of nitrogens with zero attached hydrogens (tertiary/aromatic N) is 9. The maximum atomic E-state index is 14.6. The van der Waals surface area contributed by atoms with Gasteiger partial charge in [-0.05, 0) is 110 Å². The van der Waals surface area contributed by atoms with Crippen molar-refractivity contribution >= 4 is 44.7 Å². The van der Waals surface area contributed by atoms with Gasteiger partial charge in [-0.2, -0.15) is 13.2 Å². The minimum absolute atomic E-state index is 0.00388. The van der Waals surface area contributed by atoms with Crippen LogP contribution in [0.1, 0.15) is 107 Å². The molecular formula is C66H68ClF6N9O17. The molecule has 0 spiro atoms. The highest BCUT2D eigenvalue weighted by atomic mass is 35.5. The van der Waals surface area contributed by atoms with Gasteiger partial charge in [0.05, 0.1) is 16.8 Å². The van der Waals surface area contributed by atoms with E-state index in [9.17, 15) is 46.8 Å². The molecule has 12 heterocycles. The van der Waals surface area contributed by atoms with E-state index in [1.54, 1.807) is 73.7 Å². The summed E-state index contributed by atoms with van der Waals surface area (Å²) in [7, 11) is 2.69. The number of aryl methyl sites for hydroxylation is 2. The molecule has 6 aromatic heterocycles. The Morgan fingerprint density at radius 2 is 0.778 bits per heavy atom. The number of halogens is 7. The molecule has 33 heteroatoms. The molecule has 1 unspecified atom stereocenters. The van der Waals surface area contributed by atoms with Gasteiger partial charge in [-0.3, -0.25) is 0 Å². The van der Waals surface area contributed by atoms with Gasteiger partial charge in [0, 0.05) is 60.3 Å². The third-order valence-corrected chi connectivity index (χ3v) is 18.0. The second kappa shape index (κ2) is 27.0. The molecule has 6 saturated heterocycles. The Kier molecular flexibility index (Phi) is 19.0. The predicted octanol–water partition coefficient (Wildman–Crippen LogP) is 9.52. The maximum absolute atomic E-state index is 14.6. The van der Waals surface area contributed by atoms with Crippen LogP contribution in [0.25, 0.3) is 33.1 Å². The molecule has 4 N–H and O–H groups in total. The second-order valence-corrected chi connectivity index (χ2v) is 25.8. The number of phenols is 1. The summed E-state index contributed by atoms with van der Waals surface area (Å²) in [6.45, 7) is 13.5. The van der Waals surface area contributed by atoms with Crippen molar-refractivity contribution in [3.8, 4) is 17.2 Å². The van der Waals surface area contributed by atoms with Gasteiger partial charge in [0.25, 0.3) is 0 Å². The van der Waals surface area contributed by atoms with Crippen LogP contribution in [-0.2, 0) is 52.1 Å². The lowest BCUT2D eigenvalue weighted by Crippen LogP contribution is -2.34. The van der Waals surface area contributed by atoms with E-state index in [0.717, 1.165) is 46.4 Å². The summed E-state index contributed by atoms with van der Waals surface area (Å²) in [5.41, 5.74) is 3.15. The van der Waals surface area contributed by atoms with Gasteiger partial charge >= 0.3 is 0 Å². The van der Waals surface area contributed by atoms with E-state index in [2.05, 4.69) is 29.9 Å². The first-order valence-electron chi connectivity index (χ1n) is 31.1. The van der Waals surface area contributed by atoms with Gasteiger partial charge in [0.1, 0.15) is 114 Å². The smallest absolute Gasteiger partial charge is 0.201 e. The monoisotopic (exact) mass is 1410 g/mol. The topological polar surface area (TPSA) is 293 Å². The summed E-state index contributed by atoms with van der Waals surface area (Å²) in [5, 5.41) is 46.2. The molecule has 9 aromatic rings. The number of hydrogen-bond acceptors (Lipinski definition) is 23. The number of ether oxygens (including phenoxy) is 13. The molecule has 0 bridgehead atoms. The first kappa shape index (κ1) is 69.7. The number of aromatic nitrogens is 9. The van der Waals surface area contributed by atoms with E-state index in [0.29, 0.717) is 22.3 Å². The van der Waals surface area contributed by atoms with Crippen LogP contribution < -0.4 is 9.47 Å². The SMILES string of the molecule is COCOc1c([C@@H](O)[C@H]2OC(n3ccc4c(Cl)ncnc43)[C@@H]3OC(C)(C)O[C@H]23)ccc(F)c1F.COCOc1c([C@@H](O)[C@H]2O[C@@H](n3ccc4c(C)ncnc43)[C@@H]3OC(C)(C)O[C@@H]32)ccc(F)c1F.Cc1ncnc2c1ccn2[C@@H]1O[C@H]([C@H](O)c2ccc(F)c(F)c2O)[C@H]2OC(C)(C)O[C@H]21. The average Bonchev–Trinajstić information content (AvgIpc) is 1.60. The van der Waals surface area contributed by atoms with Crippen molar-refractivity contribution in [3.63, 3.8) is 0 Å². The normalized spacial score (nSPS) is 27.2. The van der Waals surface area contributed by atoms with Crippen LogP contribution in [0.4, 0.5) is 26.3 Å². The molecule has 0 aliphatic carbocycles. The van der Waals surface area contributed by atoms with Gasteiger partial charge in [0.15, 0.2) is 84.3 Å². The zero-order chi connectivity index (χ0) is 70.5. The van der Waals surface area contributed by atoms with Crippen LogP contribution in [0.3, 0.4) is 0 Å². The van der Waals surface area contributed by atoms with E-state index in [-0.39, 0.29) is 35.4 Å². The third-order valence-electron chi connectivity index (χ3n) is 17.7. The summed E-state index contributed by atoms with van der Waals surface area (Å²) in [6, 6.07) is 11.8. The van der Waals surface area contributed by atoms with Gasteiger partial charge in [-0.1, -0.05) is 11.6 Å². The fourth-order valence-corrected chi connectivity index (χ4v) is 13.6. The maximum Gasteiger partial charge on any atom is 0.201 e. The summed E-state index contributed by atoms with van der Waals surface area (Å²) in [4.78, 5) is 25.4. The molecular weight excluding hydrogens is 1340 g/mol. The molecule has 6 aliphatic heterocycles. The molecule has 0 saturated carbocycles. The number of methoxy groups -OCH3 is 2. The highest BCUT2D eigenvalue weighted by Crippen LogP contribution is 2.52. The highest BCUT2D eigenvalue weighted by Gasteiger charge is 2.61. The zero-order valence-electron chi connectivity index (χ0n) is 54.5. The number of benzene rings is 3. The van der Waals surface area contributed by atoms with Crippen molar-refractivity contribution in [2.24, 2.45) is 0 Å². The van der Waals surface area contributed by atoms with Crippen molar-refractivity contribution in [3.05, 3.63) is 160 Å². The first-order valence-corrected chi connectivity index (χ1v) is 31.5. The molecule has 15 atom stereocenters. The van der Waals surface area contributed by atoms with Crippen molar-refractivity contribution in [1.29, 1.82) is 0 Å². The Morgan fingerprint density at radius 3 is 1.16 bits per heavy atom. The number of fused-ring (bicyclic) bond motifs is 6. The van der Waals surface area contributed by atoms with Crippen LogP contribution in [0.5, 0.6) is 17.2 Å². The molecule has 0 amide bonds. The predicted molar refractivity (Wildman–Crippen MR) is 331 cm³/mol. The molecule has 15 rings (SSSR count). The number of aliphatic hydroxyl groups is 3. The Balaban J connectivity index is 0.000000134. The summed E-state index contributed by atoms with van der Waals surface area (Å²) < 4.78 is 165. The molecule has 99 heavy (non-hydrogen) atoms. The summed E-state index contributed by atoms with van der Waals surface area (Å²) in [6.07, 6.45) is -4.06. The quantitative estimate of drug-likeness (QED) is 0.0422. The minimum atomic E-state index is -1.50. The molecule has 3 aromatic carbocycles. The van der Waals surface area contributed by atoms with Crippen LogP contribution in [0, 0.1) is 48.8 Å². The van der Waals surface area contributed by atoms with Crippen LogP contribution in [0.15, 0.2) is 92.2 Å². The summed E-state index contributed by atoms with van der Waals surface area (Å²) >= 11 is 6.19. The lowest BCUT2D eigenvalue weighted by Gasteiger charge is -2.28. The Bertz CT molecular complexity index is 4310. The number of phenolic OH excluding ortho intramolecular Hbond substituents is 1. The largest absolute Gasteiger partial charge is 0.504 e. The first-order chi connectivity index (χ1) is 47.1. The molecule has 6 fully saturated rings. The number of rotatable bonds is 15. The van der Waals surface area contributed by atoms with Gasteiger partial charge in [-0.15, -0.1) is 0 Å². The van der Waals surface area contributed by atoms with Crippen molar-refractivity contribution in [2.75, 3.05) is 27.8 Å². The average molecular weight is 1410 g/mol. The number of aliphatic hydroxyl groups excluding tert-OH is 3. The lowest BCUT2D eigenvalue weighted by molar-refractivity contribution is -0.207. The lowest BCUT2D eigenvalue weighted by atomic mass is 9.98. The van der Waals surface area contributed by atoms with E-state index in [1.165, 1.54) is 45.3 Å². The van der Waals surface area contributed by atoms with E-state index in [4.69, 9.17) is 73.2 Å². The van der Waals surface area contributed by atoms with Gasteiger partial charge < -0.3 is 95.7 Å². The van der Waals surface area contributed by atoms with E-state index in [1.807, 2.05) is 32.2 Å². The fourth-order valence-electron chi connectivity index (χ4n) is 13.4. The Labute approximate surface area is 564 Å². The van der Waals surface area contributed by atoms with Crippen molar-refractivity contribution < 1.29 is 108 Å². The number of hydrogen-bond donors (Lipinski definition) is 4. The standard InChI is InChI=1S/C23H25F2N3O6.C22H22ClF2N3O6.C21H21F2N3O5/c1-11-12-7-8-28(21(12)27-9-26-11)22-20-19(33-23(2,3)34-20)18(32-22)16(29)13-5-6-14(24)15(25)17(13)31-10-30-4;1-22(2)33-17-16(14(29)10-4-5-12(24)13(25)15(10)31-9-30-3)32-21(18(17)34-22)28-7-6-11-19(23)26-8-27-20(11)28;1-9-10-6-7-26(19(10)25-8-24-9)20-18-17(30-21(2,3)31-18)16(29-20)15(28)11-4-5-12(22)13(23)14(11)27/h5-9,16,18-20,22,29H,10H2,1-4H3;4-8,14,16-18,21,29H,9H2,1-3H3;4-8,15-18,20,27-28H,1-3H3/t16-,18-,19-,20-,22-;14-,16-,17-,18-,21?;15-,16-,17-,18-,20-/m111/s1. The van der Waals surface area contributed by atoms with Crippen LogP contribution in [-0.4, -0.2) is 164 Å². The summed E-state index contributed by atoms with van der Waals surface area (Å²) in [5.74, 6) is -12.1. The molecule has 6 aliphatic rings. The fraction of sp³-hybridized carbons (Fsp3) is 0.455.